The molecule has 2 heterocycles. The number of hydrogen-bond acceptors (Lipinski definition) is 6. The Morgan fingerprint density at radius 1 is 1.00 bits per heavy atom. The van der Waals surface area contributed by atoms with Crippen molar-refractivity contribution in [1.82, 2.24) is 10.2 Å². The molecule has 2 aliphatic heterocycles. The second-order valence-electron chi connectivity index (χ2n) is 8.84. The number of benzene rings is 2. The molecule has 0 radical (unpaired) electrons. The Hall–Kier alpha value is -3.75. The lowest BCUT2D eigenvalue weighted by atomic mass is 10.1. The summed E-state index contributed by atoms with van der Waals surface area (Å²) in [7, 11) is 1.67. The summed E-state index contributed by atoms with van der Waals surface area (Å²) in [6.45, 7) is 4.84. The highest BCUT2D eigenvalue weighted by atomic mass is 16.5. The smallest absolute Gasteiger partial charge is 0.251 e. The van der Waals surface area contributed by atoms with Gasteiger partial charge in [-0.2, -0.15) is 0 Å². The van der Waals surface area contributed by atoms with Gasteiger partial charge in [-0.3, -0.25) is 14.4 Å². The highest BCUT2D eigenvalue weighted by Crippen LogP contribution is 2.30. The van der Waals surface area contributed by atoms with E-state index in [1.165, 1.54) is 0 Å². The quantitative estimate of drug-likeness (QED) is 0.532. The molecule has 3 amide bonds. The number of nitrogens with one attached hydrogen (secondary N) is 1. The molecule has 0 bridgehead atoms. The molecule has 2 aliphatic rings. The van der Waals surface area contributed by atoms with Gasteiger partial charge in [0, 0.05) is 63.5 Å². The molecular formula is C26H33N5O4. The summed E-state index contributed by atoms with van der Waals surface area (Å²) in [4.78, 5) is 42.8. The van der Waals surface area contributed by atoms with Crippen LogP contribution in [0.4, 0.5) is 11.4 Å². The lowest BCUT2D eigenvalue weighted by Gasteiger charge is -2.38. The third-order valence-electron chi connectivity index (χ3n) is 6.63. The zero-order valence-electron chi connectivity index (χ0n) is 20.2. The van der Waals surface area contributed by atoms with Crippen molar-refractivity contribution in [3.8, 4) is 5.75 Å². The van der Waals surface area contributed by atoms with Gasteiger partial charge in [0.2, 0.25) is 5.91 Å². The monoisotopic (exact) mass is 479 g/mol. The number of likely N-dealkylation sites (tertiary alicyclic amines) is 1. The number of nitrogens with two attached hydrogens (primary N) is 1. The zero-order chi connectivity index (χ0) is 24.8. The molecule has 0 saturated carbocycles. The fourth-order valence-corrected chi connectivity index (χ4v) is 4.74. The second kappa shape index (κ2) is 11.1. The molecule has 2 fully saturated rings. The maximum Gasteiger partial charge on any atom is 0.251 e. The third-order valence-corrected chi connectivity index (χ3v) is 6.63. The number of nitrogens with zero attached hydrogens (tertiary/aromatic N) is 3. The Balaban J connectivity index is 1.36. The minimum absolute atomic E-state index is 0.182. The second-order valence-corrected chi connectivity index (χ2v) is 8.84. The van der Waals surface area contributed by atoms with E-state index in [0.29, 0.717) is 50.1 Å². The standard InChI is InChI=1S/C26H33N5O4/c1-35-23-7-3-2-6-22(23)30-16-14-29(15-17-30)21-10-9-19(18-20(21)25(27)33)26(34)28-11-5-13-31-12-4-8-24(31)32/h2-3,6-7,9-10,18H,4-5,8,11-17H2,1H3,(H2,27,33)(H,28,34). The SMILES string of the molecule is COc1ccccc1N1CCN(c2ccc(C(=O)NCCCN3CCCC3=O)cc2C(N)=O)CC1. The summed E-state index contributed by atoms with van der Waals surface area (Å²) in [5.74, 6) is 0.199. The van der Waals surface area contributed by atoms with E-state index >= 15 is 0 Å². The van der Waals surface area contributed by atoms with E-state index in [2.05, 4.69) is 15.1 Å². The summed E-state index contributed by atoms with van der Waals surface area (Å²) in [6, 6.07) is 13.0. The van der Waals surface area contributed by atoms with Crippen LogP contribution in [0.5, 0.6) is 5.75 Å². The Morgan fingerprint density at radius 2 is 1.71 bits per heavy atom. The van der Waals surface area contributed by atoms with Crippen LogP contribution in [0.1, 0.15) is 40.0 Å². The largest absolute Gasteiger partial charge is 0.495 e. The molecule has 9 heteroatoms. The first-order valence-corrected chi connectivity index (χ1v) is 12.1. The number of anilines is 2. The van der Waals surface area contributed by atoms with Crippen LogP contribution >= 0.6 is 0 Å². The van der Waals surface area contributed by atoms with Crippen LogP contribution in [0, 0.1) is 0 Å². The van der Waals surface area contributed by atoms with Gasteiger partial charge in [-0.15, -0.1) is 0 Å². The maximum atomic E-state index is 12.7. The van der Waals surface area contributed by atoms with Gasteiger partial charge in [-0.25, -0.2) is 0 Å². The molecule has 35 heavy (non-hydrogen) atoms. The van der Waals surface area contributed by atoms with Gasteiger partial charge < -0.3 is 30.5 Å². The highest BCUT2D eigenvalue weighted by molar-refractivity contribution is 6.03. The third kappa shape index (κ3) is 5.67. The van der Waals surface area contributed by atoms with Gasteiger partial charge in [-0.05, 0) is 43.2 Å². The van der Waals surface area contributed by atoms with E-state index in [1.54, 1.807) is 25.3 Å². The Bertz CT molecular complexity index is 1080. The number of para-hydroxylation sites is 2. The van der Waals surface area contributed by atoms with E-state index in [-0.39, 0.29) is 11.8 Å². The summed E-state index contributed by atoms with van der Waals surface area (Å²) >= 11 is 0. The maximum absolute atomic E-state index is 12.7. The summed E-state index contributed by atoms with van der Waals surface area (Å²) < 4.78 is 5.49. The number of piperazine rings is 1. The normalized spacial score (nSPS) is 15.9. The van der Waals surface area contributed by atoms with Crippen LogP contribution in [0.3, 0.4) is 0 Å². The van der Waals surface area contributed by atoms with Gasteiger partial charge >= 0.3 is 0 Å². The first-order valence-electron chi connectivity index (χ1n) is 12.1. The lowest BCUT2D eigenvalue weighted by molar-refractivity contribution is -0.127. The van der Waals surface area contributed by atoms with Crippen LogP contribution in [0.25, 0.3) is 0 Å². The molecule has 0 unspecified atom stereocenters. The van der Waals surface area contributed by atoms with Gasteiger partial charge in [0.1, 0.15) is 5.75 Å². The Kier molecular flexibility index (Phi) is 7.74. The van der Waals surface area contributed by atoms with Crippen molar-refractivity contribution < 1.29 is 19.1 Å². The number of carbonyl (C=O) groups excluding carboxylic acids is 3. The number of methoxy groups -OCH3 is 1. The van der Waals surface area contributed by atoms with E-state index in [0.717, 1.165) is 43.2 Å². The van der Waals surface area contributed by atoms with Crippen molar-refractivity contribution in [3.63, 3.8) is 0 Å². The minimum atomic E-state index is -0.561. The van der Waals surface area contributed by atoms with E-state index in [9.17, 15) is 14.4 Å². The molecule has 2 saturated heterocycles. The number of hydrogen-bond donors (Lipinski definition) is 2. The van der Waals surface area contributed by atoms with Crippen molar-refractivity contribution in [2.45, 2.75) is 19.3 Å². The van der Waals surface area contributed by atoms with Gasteiger partial charge in [0.05, 0.1) is 18.4 Å². The molecule has 4 rings (SSSR count). The van der Waals surface area contributed by atoms with Crippen molar-refractivity contribution in [1.29, 1.82) is 0 Å². The number of carbonyl (C=O) groups is 3. The fraction of sp³-hybridized carbons (Fsp3) is 0.423. The summed E-state index contributed by atoms with van der Waals surface area (Å²) in [6.07, 6.45) is 2.21. The van der Waals surface area contributed by atoms with Crippen molar-refractivity contribution in [2.75, 3.05) is 62.7 Å². The van der Waals surface area contributed by atoms with Gasteiger partial charge in [0.15, 0.2) is 0 Å². The summed E-state index contributed by atoms with van der Waals surface area (Å²) in [5.41, 5.74) is 8.21. The number of primary amides is 1. The minimum Gasteiger partial charge on any atom is -0.495 e. The van der Waals surface area contributed by atoms with Gasteiger partial charge in [0.25, 0.3) is 11.8 Å². The molecule has 0 spiro atoms. The predicted molar refractivity (Wildman–Crippen MR) is 135 cm³/mol. The molecule has 2 aromatic rings. The topological polar surface area (TPSA) is 108 Å². The van der Waals surface area contributed by atoms with E-state index in [4.69, 9.17) is 10.5 Å². The Labute approximate surface area is 205 Å². The van der Waals surface area contributed by atoms with Crippen LogP contribution in [-0.2, 0) is 4.79 Å². The molecular weight excluding hydrogens is 446 g/mol. The molecule has 2 aromatic carbocycles. The van der Waals surface area contributed by atoms with Gasteiger partial charge in [-0.1, -0.05) is 12.1 Å². The number of amides is 3. The Morgan fingerprint density at radius 3 is 2.37 bits per heavy atom. The highest BCUT2D eigenvalue weighted by Gasteiger charge is 2.24. The van der Waals surface area contributed by atoms with Crippen LogP contribution < -0.4 is 25.6 Å². The number of rotatable bonds is 9. The average Bonchev–Trinajstić information content (AvgIpc) is 3.30. The first kappa shape index (κ1) is 24.4. The molecule has 0 aromatic heterocycles. The van der Waals surface area contributed by atoms with Crippen molar-refractivity contribution in [2.24, 2.45) is 5.73 Å². The van der Waals surface area contributed by atoms with E-state index < -0.39 is 5.91 Å². The molecule has 3 N–H and O–H groups in total. The average molecular weight is 480 g/mol. The first-order chi connectivity index (χ1) is 17.0. The van der Waals surface area contributed by atoms with Crippen LogP contribution in [0.15, 0.2) is 42.5 Å². The zero-order valence-corrected chi connectivity index (χ0v) is 20.2. The van der Waals surface area contributed by atoms with Crippen molar-refractivity contribution in [3.05, 3.63) is 53.6 Å². The molecule has 186 valence electrons. The summed E-state index contributed by atoms with van der Waals surface area (Å²) in [5, 5.41) is 2.88. The van der Waals surface area contributed by atoms with Crippen LogP contribution in [-0.4, -0.2) is 75.5 Å². The van der Waals surface area contributed by atoms with Crippen LogP contribution in [0.2, 0.25) is 0 Å². The number of ether oxygens (including phenoxy) is 1. The molecule has 0 aliphatic carbocycles. The van der Waals surface area contributed by atoms with Crippen molar-refractivity contribution >= 4 is 29.1 Å². The molecule has 9 nitrogen and oxygen atoms in total. The lowest BCUT2D eigenvalue weighted by Crippen LogP contribution is -2.47. The predicted octanol–water partition coefficient (Wildman–Crippen LogP) is 1.86. The van der Waals surface area contributed by atoms with E-state index in [1.807, 2.05) is 29.2 Å². The fourth-order valence-electron chi connectivity index (χ4n) is 4.74. The molecule has 0 atom stereocenters.